The van der Waals surface area contributed by atoms with E-state index in [1.165, 1.54) is 11.1 Å². The summed E-state index contributed by atoms with van der Waals surface area (Å²) in [5.74, 6) is 2.34. The van der Waals surface area contributed by atoms with Crippen LogP contribution in [0.25, 0.3) is 0 Å². The SMILES string of the molecule is CC(C)=CC[C@@H]1CC(C)=C2OC(C)(C)[C@H]3CC[C@]1(C)[C@@]23C(=O)C(C)C. The number of Topliss-reactive ketones (excluding diaryl/α,β-unsaturated/α-hetero) is 1. The number of hydrogen-bond acceptors (Lipinski definition) is 2. The Labute approximate surface area is 154 Å². The van der Waals surface area contributed by atoms with Crippen molar-refractivity contribution in [2.75, 3.05) is 0 Å². The van der Waals surface area contributed by atoms with E-state index in [9.17, 15) is 4.79 Å². The van der Waals surface area contributed by atoms with Crippen LogP contribution in [0.1, 0.15) is 81.1 Å². The predicted octanol–water partition coefficient (Wildman–Crippen LogP) is 6.07. The van der Waals surface area contributed by atoms with Gasteiger partial charge in [-0.1, -0.05) is 32.4 Å². The molecule has 2 fully saturated rings. The third kappa shape index (κ3) is 2.32. The molecule has 0 aromatic rings. The number of ether oxygens (including phenoxy) is 1. The van der Waals surface area contributed by atoms with Crippen LogP contribution in [0.5, 0.6) is 0 Å². The zero-order valence-electron chi connectivity index (χ0n) is 17.5. The molecule has 0 amide bonds. The first-order valence-electron chi connectivity index (χ1n) is 10.1. The molecule has 2 aliphatic carbocycles. The van der Waals surface area contributed by atoms with Gasteiger partial charge in [0.2, 0.25) is 0 Å². The fourth-order valence-electron chi connectivity index (χ4n) is 6.34. The quantitative estimate of drug-likeness (QED) is 0.578. The molecule has 0 aromatic heterocycles. The highest BCUT2D eigenvalue weighted by atomic mass is 16.5. The average molecular weight is 345 g/mol. The van der Waals surface area contributed by atoms with Gasteiger partial charge in [-0.3, -0.25) is 4.79 Å². The molecule has 1 aliphatic heterocycles. The minimum absolute atomic E-state index is 0.00752. The third-order valence-electron chi connectivity index (χ3n) is 7.50. The molecule has 0 bridgehead atoms. The van der Waals surface area contributed by atoms with E-state index in [1.54, 1.807) is 0 Å². The van der Waals surface area contributed by atoms with Crippen LogP contribution in [0.15, 0.2) is 23.0 Å². The van der Waals surface area contributed by atoms with Gasteiger partial charge in [0.25, 0.3) is 0 Å². The van der Waals surface area contributed by atoms with Crippen LogP contribution in [-0.2, 0) is 9.53 Å². The highest BCUT2D eigenvalue weighted by molar-refractivity contribution is 5.92. The highest BCUT2D eigenvalue weighted by Gasteiger charge is 2.75. The second kappa shape index (κ2) is 5.72. The topological polar surface area (TPSA) is 26.3 Å². The van der Waals surface area contributed by atoms with Crippen molar-refractivity contribution >= 4 is 5.78 Å². The molecule has 0 radical (unpaired) electrons. The molecule has 3 aliphatic rings. The first-order valence-corrected chi connectivity index (χ1v) is 10.1. The molecular weight excluding hydrogens is 308 g/mol. The van der Waals surface area contributed by atoms with Gasteiger partial charge in [0.05, 0.1) is 5.41 Å². The molecule has 2 heteroatoms. The van der Waals surface area contributed by atoms with Crippen LogP contribution in [0.2, 0.25) is 0 Å². The molecule has 140 valence electrons. The zero-order valence-corrected chi connectivity index (χ0v) is 17.5. The summed E-state index contributed by atoms with van der Waals surface area (Å²) < 4.78 is 6.56. The van der Waals surface area contributed by atoms with Crippen LogP contribution in [0.3, 0.4) is 0 Å². The molecule has 2 nitrogen and oxygen atoms in total. The number of carbonyl (C=O) groups is 1. The Morgan fingerprint density at radius 2 is 1.92 bits per heavy atom. The van der Waals surface area contributed by atoms with E-state index in [4.69, 9.17) is 4.74 Å². The van der Waals surface area contributed by atoms with Crippen molar-refractivity contribution in [1.82, 2.24) is 0 Å². The maximum Gasteiger partial charge on any atom is 0.150 e. The normalized spacial score (nSPS) is 38.6. The van der Waals surface area contributed by atoms with E-state index in [-0.39, 0.29) is 16.9 Å². The van der Waals surface area contributed by atoms with Crippen LogP contribution in [-0.4, -0.2) is 11.4 Å². The summed E-state index contributed by atoms with van der Waals surface area (Å²) in [4.78, 5) is 13.8. The lowest BCUT2D eigenvalue weighted by atomic mass is 9.49. The third-order valence-corrected chi connectivity index (χ3v) is 7.50. The number of allylic oxidation sites excluding steroid dienone is 4. The highest BCUT2D eigenvalue weighted by Crippen LogP contribution is 2.74. The summed E-state index contributed by atoms with van der Waals surface area (Å²) in [6, 6.07) is 0. The van der Waals surface area contributed by atoms with Crippen molar-refractivity contribution < 1.29 is 9.53 Å². The molecule has 0 N–H and O–H groups in total. The summed E-state index contributed by atoms with van der Waals surface area (Å²) in [7, 11) is 0. The minimum atomic E-state index is -0.410. The second-order valence-electron chi connectivity index (χ2n) is 10.1. The average Bonchev–Trinajstić information content (AvgIpc) is 2.95. The van der Waals surface area contributed by atoms with Gasteiger partial charge in [0.15, 0.2) is 0 Å². The first kappa shape index (κ1) is 18.7. The van der Waals surface area contributed by atoms with E-state index < -0.39 is 5.41 Å². The fourth-order valence-corrected chi connectivity index (χ4v) is 6.34. The summed E-state index contributed by atoms with van der Waals surface area (Å²) >= 11 is 0. The summed E-state index contributed by atoms with van der Waals surface area (Å²) in [5, 5.41) is 0. The molecule has 3 rings (SSSR count). The van der Waals surface area contributed by atoms with E-state index >= 15 is 0 Å². The Kier molecular flexibility index (Phi) is 4.29. The lowest BCUT2D eigenvalue weighted by Crippen LogP contribution is -2.54. The molecule has 1 heterocycles. The van der Waals surface area contributed by atoms with Gasteiger partial charge >= 0.3 is 0 Å². The molecule has 1 saturated heterocycles. The molecule has 4 atom stereocenters. The molecule has 25 heavy (non-hydrogen) atoms. The standard InChI is InChI=1S/C23H36O2/c1-14(2)9-10-17-13-16(5)20-23(19(24)15(3)4)18(21(6,7)25-20)11-12-22(17,23)8/h9,15,17-18H,10-13H2,1-8H3/t17-,18-,22+,23+/m1/s1. The Morgan fingerprint density at radius 3 is 2.48 bits per heavy atom. The van der Waals surface area contributed by atoms with Crippen molar-refractivity contribution in [3.05, 3.63) is 23.0 Å². The van der Waals surface area contributed by atoms with E-state index in [0.29, 0.717) is 17.6 Å². The van der Waals surface area contributed by atoms with Gasteiger partial charge in [0.1, 0.15) is 17.1 Å². The van der Waals surface area contributed by atoms with Gasteiger partial charge in [-0.05, 0) is 77.2 Å². The van der Waals surface area contributed by atoms with Crippen LogP contribution in [0, 0.1) is 28.6 Å². The van der Waals surface area contributed by atoms with Crippen molar-refractivity contribution in [3.8, 4) is 0 Å². The largest absolute Gasteiger partial charge is 0.491 e. The number of ketones is 1. The second-order valence-corrected chi connectivity index (χ2v) is 10.1. The smallest absolute Gasteiger partial charge is 0.150 e. The van der Waals surface area contributed by atoms with E-state index in [2.05, 4.69) is 61.5 Å². The van der Waals surface area contributed by atoms with Crippen LogP contribution >= 0.6 is 0 Å². The molecular formula is C23H36O2. The van der Waals surface area contributed by atoms with Gasteiger partial charge in [0, 0.05) is 11.8 Å². The van der Waals surface area contributed by atoms with E-state index in [1.807, 2.05) is 0 Å². The number of hydrogen-bond donors (Lipinski definition) is 0. The zero-order chi connectivity index (χ0) is 18.8. The van der Waals surface area contributed by atoms with Crippen LogP contribution in [0.4, 0.5) is 0 Å². The molecule has 1 saturated carbocycles. The monoisotopic (exact) mass is 344 g/mol. The Bertz CT molecular complexity index is 647. The van der Waals surface area contributed by atoms with Crippen molar-refractivity contribution in [2.45, 2.75) is 86.7 Å². The minimum Gasteiger partial charge on any atom is -0.491 e. The first-order chi connectivity index (χ1) is 11.5. The fraction of sp³-hybridized carbons (Fsp3) is 0.783. The van der Waals surface area contributed by atoms with Crippen LogP contribution < -0.4 is 0 Å². The Balaban J connectivity index is 2.22. The molecule has 0 aromatic carbocycles. The predicted molar refractivity (Wildman–Crippen MR) is 103 cm³/mol. The Hall–Kier alpha value is -1.05. The van der Waals surface area contributed by atoms with Gasteiger partial charge in [-0.2, -0.15) is 0 Å². The van der Waals surface area contributed by atoms with Crippen molar-refractivity contribution in [2.24, 2.45) is 28.6 Å². The Morgan fingerprint density at radius 1 is 1.28 bits per heavy atom. The van der Waals surface area contributed by atoms with Gasteiger partial charge in [-0.25, -0.2) is 0 Å². The molecule has 0 spiro atoms. The summed E-state index contributed by atoms with van der Waals surface area (Å²) in [6.45, 7) is 17.5. The van der Waals surface area contributed by atoms with Crippen molar-refractivity contribution in [3.63, 3.8) is 0 Å². The van der Waals surface area contributed by atoms with Gasteiger partial charge in [-0.15, -0.1) is 0 Å². The number of rotatable bonds is 4. The lowest BCUT2D eigenvalue weighted by Gasteiger charge is -2.51. The molecule has 0 unspecified atom stereocenters. The lowest BCUT2D eigenvalue weighted by molar-refractivity contribution is -0.141. The summed E-state index contributed by atoms with van der Waals surface area (Å²) in [6.07, 6.45) is 6.75. The van der Waals surface area contributed by atoms with Gasteiger partial charge < -0.3 is 4.74 Å². The maximum atomic E-state index is 13.8. The summed E-state index contributed by atoms with van der Waals surface area (Å²) in [5.41, 5.74) is 2.04. The van der Waals surface area contributed by atoms with Crippen molar-refractivity contribution in [1.29, 1.82) is 0 Å². The maximum absolute atomic E-state index is 13.8. The number of carbonyl (C=O) groups excluding carboxylic acids is 1. The van der Waals surface area contributed by atoms with E-state index in [0.717, 1.165) is 31.4 Å².